The predicted molar refractivity (Wildman–Crippen MR) is 53.2 cm³/mol. The van der Waals surface area contributed by atoms with Gasteiger partial charge in [0.2, 0.25) is 0 Å². The SMILES string of the molecule is c1ncc(OCCN2CCCC2)cn1. The predicted octanol–water partition coefficient (Wildman–Crippen LogP) is 0.951. The lowest BCUT2D eigenvalue weighted by atomic mass is 10.4. The highest BCUT2D eigenvalue weighted by Crippen LogP contribution is 2.08. The van der Waals surface area contributed by atoms with Crippen LogP contribution in [0.15, 0.2) is 18.7 Å². The van der Waals surface area contributed by atoms with E-state index in [1.54, 1.807) is 12.4 Å². The molecule has 0 aliphatic carbocycles. The molecule has 1 fully saturated rings. The van der Waals surface area contributed by atoms with Gasteiger partial charge in [-0.05, 0) is 25.9 Å². The Morgan fingerprint density at radius 2 is 1.93 bits per heavy atom. The minimum atomic E-state index is 0.730. The van der Waals surface area contributed by atoms with Crippen LogP contribution in [0.2, 0.25) is 0 Å². The van der Waals surface area contributed by atoms with E-state index in [0.717, 1.165) is 18.9 Å². The molecule has 1 aromatic rings. The van der Waals surface area contributed by atoms with Gasteiger partial charge in [-0.3, -0.25) is 4.90 Å². The molecule has 4 nitrogen and oxygen atoms in total. The number of hydrogen-bond donors (Lipinski definition) is 0. The molecule has 2 heterocycles. The minimum Gasteiger partial charge on any atom is -0.489 e. The van der Waals surface area contributed by atoms with E-state index < -0.39 is 0 Å². The molecule has 4 heteroatoms. The summed E-state index contributed by atoms with van der Waals surface area (Å²) in [4.78, 5) is 10.2. The molecule has 1 aromatic heterocycles. The molecule has 0 bridgehead atoms. The molecule has 0 radical (unpaired) electrons. The summed E-state index contributed by atoms with van der Waals surface area (Å²) in [6.07, 6.45) is 7.55. The summed E-state index contributed by atoms with van der Waals surface area (Å²) < 4.78 is 5.50. The molecule has 76 valence electrons. The van der Waals surface area contributed by atoms with Gasteiger partial charge in [-0.15, -0.1) is 0 Å². The smallest absolute Gasteiger partial charge is 0.155 e. The van der Waals surface area contributed by atoms with E-state index in [2.05, 4.69) is 14.9 Å². The standard InChI is InChI=1S/C10H15N3O/c1-2-4-13(3-1)5-6-14-10-7-11-9-12-8-10/h7-9H,1-6H2. The van der Waals surface area contributed by atoms with E-state index in [4.69, 9.17) is 4.74 Å². The van der Waals surface area contributed by atoms with Crippen LogP contribution in [0.1, 0.15) is 12.8 Å². The highest BCUT2D eigenvalue weighted by atomic mass is 16.5. The van der Waals surface area contributed by atoms with E-state index in [0.29, 0.717) is 0 Å². The zero-order valence-corrected chi connectivity index (χ0v) is 8.22. The molecule has 0 spiro atoms. The first-order valence-corrected chi connectivity index (χ1v) is 5.05. The van der Waals surface area contributed by atoms with Crippen LogP contribution < -0.4 is 4.74 Å². The third-order valence-electron chi connectivity index (χ3n) is 2.41. The third kappa shape index (κ3) is 2.67. The first kappa shape index (κ1) is 9.40. The van der Waals surface area contributed by atoms with Crippen molar-refractivity contribution in [3.8, 4) is 5.75 Å². The summed E-state index contributed by atoms with van der Waals surface area (Å²) in [7, 11) is 0. The van der Waals surface area contributed by atoms with E-state index in [1.807, 2.05) is 0 Å². The number of aromatic nitrogens is 2. The first-order valence-electron chi connectivity index (χ1n) is 5.05. The van der Waals surface area contributed by atoms with E-state index in [1.165, 1.54) is 32.3 Å². The maximum Gasteiger partial charge on any atom is 0.155 e. The average Bonchev–Trinajstić information content (AvgIpc) is 2.72. The largest absolute Gasteiger partial charge is 0.489 e. The van der Waals surface area contributed by atoms with Gasteiger partial charge in [-0.2, -0.15) is 0 Å². The van der Waals surface area contributed by atoms with Crippen molar-refractivity contribution in [2.45, 2.75) is 12.8 Å². The van der Waals surface area contributed by atoms with Crippen molar-refractivity contribution >= 4 is 0 Å². The van der Waals surface area contributed by atoms with Crippen LogP contribution >= 0.6 is 0 Å². The van der Waals surface area contributed by atoms with Gasteiger partial charge in [0.05, 0.1) is 12.4 Å². The highest BCUT2D eigenvalue weighted by molar-refractivity contribution is 5.09. The second-order valence-electron chi connectivity index (χ2n) is 3.47. The van der Waals surface area contributed by atoms with Gasteiger partial charge in [0.1, 0.15) is 12.9 Å². The Bertz CT molecular complexity index is 259. The van der Waals surface area contributed by atoms with Gasteiger partial charge >= 0.3 is 0 Å². The zero-order valence-electron chi connectivity index (χ0n) is 8.22. The molecular formula is C10H15N3O. The van der Waals surface area contributed by atoms with Crippen LogP contribution in [0.3, 0.4) is 0 Å². The lowest BCUT2D eigenvalue weighted by molar-refractivity contribution is 0.236. The molecule has 0 N–H and O–H groups in total. The van der Waals surface area contributed by atoms with Gasteiger partial charge in [0.15, 0.2) is 5.75 Å². The maximum atomic E-state index is 5.50. The Morgan fingerprint density at radius 3 is 2.64 bits per heavy atom. The Kier molecular flexibility index (Phi) is 3.29. The van der Waals surface area contributed by atoms with Gasteiger partial charge in [0.25, 0.3) is 0 Å². The highest BCUT2D eigenvalue weighted by Gasteiger charge is 2.10. The lowest BCUT2D eigenvalue weighted by Crippen LogP contribution is -2.25. The van der Waals surface area contributed by atoms with Crippen molar-refractivity contribution in [2.24, 2.45) is 0 Å². The summed E-state index contributed by atoms with van der Waals surface area (Å²) in [6, 6.07) is 0. The number of likely N-dealkylation sites (tertiary alicyclic amines) is 1. The second-order valence-corrected chi connectivity index (χ2v) is 3.47. The van der Waals surface area contributed by atoms with Crippen molar-refractivity contribution in [3.63, 3.8) is 0 Å². The summed E-state index contributed by atoms with van der Waals surface area (Å²) in [5.41, 5.74) is 0. The van der Waals surface area contributed by atoms with Crippen LogP contribution in [0.4, 0.5) is 0 Å². The first-order chi connectivity index (χ1) is 6.95. The summed E-state index contributed by atoms with van der Waals surface area (Å²) in [5, 5.41) is 0. The zero-order chi connectivity index (χ0) is 9.64. The molecular weight excluding hydrogens is 178 g/mol. The second kappa shape index (κ2) is 4.91. The molecule has 0 saturated carbocycles. The normalized spacial score (nSPS) is 17.1. The van der Waals surface area contributed by atoms with Gasteiger partial charge in [-0.1, -0.05) is 0 Å². The fraction of sp³-hybridized carbons (Fsp3) is 0.600. The van der Waals surface area contributed by atoms with Crippen LogP contribution in [0.25, 0.3) is 0 Å². The Morgan fingerprint density at radius 1 is 1.21 bits per heavy atom. The minimum absolute atomic E-state index is 0.730. The van der Waals surface area contributed by atoms with Crippen LogP contribution in [0.5, 0.6) is 5.75 Å². The van der Waals surface area contributed by atoms with Crippen LogP contribution in [-0.4, -0.2) is 41.1 Å². The van der Waals surface area contributed by atoms with E-state index in [-0.39, 0.29) is 0 Å². The van der Waals surface area contributed by atoms with Crippen molar-refractivity contribution in [2.75, 3.05) is 26.2 Å². The molecule has 0 atom stereocenters. The summed E-state index contributed by atoms with van der Waals surface area (Å²) in [6.45, 7) is 4.17. The monoisotopic (exact) mass is 193 g/mol. The Balaban J connectivity index is 1.67. The maximum absolute atomic E-state index is 5.50. The van der Waals surface area contributed by atoms with Crippen LogP contribution in [-0.2, 0) is 0 Å². The van der Waals surface area contributed by atoms with Gasteiger partial charge < -0.3 is 4.74 Å². The Hall–Kier alpha value is -1.16. The number of hydrogen-bond acceptors (Lipinski definition) is 4. The molecule has 1 aliphatic heterocycles. The molecule has 1 aliphatic rings. The molecule has 0 aromatic carbocycles. The number of nitrogens with zero attached hydrogens (tertiary/aromatic N) is 3. The summed E-state index contributed by atoms with van der Waals surface area (Å²) in [5.74, 6) is 0.756. The fourth-order valence-electron chi connectivity index (χ4n) is 1.66. The quantitative estimate of drug-likeness (QED) is 0.713. The van der Waals surface area contributed by atoms with E-state index >= 15 is 0 Å². The molecule has 0 amide bonds. The molecule has 1 saturated heterocycles. The molecule has 0 unspecified atom stereocenters. The molecule has 2 rings (SSSR count). The van der Waals surface area contributed by atoms with Crippen molar-refractivity contribution in [1.29, 1.82) is 0 Å². The van der Waals surface area contributed by atoms with Crippen molar-refractivity contribution in [1.82, 2.24) is 14.9 Å². The summed E-state index contributed by atoms with van der Waals surface area (Å²) >= 11 is 0. The number of rotatable bonds is 4. The van der Waals surface area contributed by atoms with Crippen molar-refractivity contribution < 1.29 is 4.74 Å². The van der Waals surface area contributed by atoms with Gasteiger partial charge in [-0.25, -0.2) is 9.97 Å². The van der Waals surface area contributed by atoms with Crippen LogP contribution in [0, 0.1) is 0 Å². The lowest BCUT2D eigenvalue weighted by Gasteiger charge is -2.14. The average molecular weight is 193 g/mol. The van der Waals surface area contributed by atoms with Gasteiger partial charge in [0, 0.05) is 6.54 Å². The number of ether oxygens (including phenoxy) is 1. The fourth-order valence-corrected chi connectivity index (χ4v) is 1.66. The molecule has 14 heavy (non-hydrogen) atoms. The Labute approximate surface area is 83.9 Å². The topological polar surface area (TPSA) is 38.2 Å². The third-order valence-corrected chi connectivity index (χ3v) is 2.41. The van der Waals surface area contributed by atoms with Crippen molar-refractivity contribution in [3.05, 3.63) is 18.7 Å². The van der Waals surface area contributed by atoms with E-state index in [9.17, 15) is 0 Å².